The molecule has 9 atom stereocenters. The number of unbranched alkanes of at least 4 members (excludes halogenated alkanes) is 1. The first-order chi connectivity index (χ1) is 39.9. The molecule has 85 heavy (non-hydrogen) atoms. The summed E-state index contributed by atoms with van der Waals surface area (Å²) < 4.78 is 0. The molecule has 0 aliphatic rings. The Morgan fingerprint density at radius 1 is 0.376 bits per heavy atom. The Morgan fingerprint density at radius 3 is 1.00 bits per heavy atom. The molecule has 0 fully saturated rings. The van der Waals surface area contributed by atoms with E-state index in [-0.39, 0.29) is 157 Å². The maximum absolute atomic E-state index is 14.8. The number of nitrogens with two attached hydrogens (primary N) is 10. The van der Waals surface area contributed by atoms with Crippen molar-refractivity contribution < 1.29 is 48.3 Å². The van der Waals surface area contributed by atoms with Crippen LogP contribution in [0, 0.1) is 47.3 Å². The fourth-order valence-electron chi connectivity index (χ4n) is 9.76. The second-order valence-corrected chi connectivity index (χ2v) is 23.4. The number of rotatable bonds is 49. The number of aliphatic hydroxyl groups excluding tert-OH is 1. The van der Waals surface area contributed by atoms with Gasteiger partial charge in [0.2, 0.25) is 29.5 Å². The number of aliphatic hydroxyl groups is 1. The average molecular weight is 1210 g/mol. The van der Waals surface area contributed by atoms with Crippen LogP contribution < -0.4 is 78.6 Å². The molecule has 0 saturated heterocycles. The molecule has 28 nitrogen and oxygen atoms in total. The van der Waals surface area contributed by atoms with Crippen LogP contribution in [0.15, 0.2) is 20.0 Å². The minimum Gasteiger partial charge on any atom is -0.396 e. The predicted molar refractivity (Wildman–Crippen MR) is 331 cm³/mol. The largest absolute Gasteiger partial charge is 0.396 e. The number of hydrogen-bond donors (Lipinski definition) is 15. The molecule has 25 N–H and O–H groups in total. The molecule has 0 aromatic heterocycles. The van der Waals surface area contributed by atoms with Crippen molar-refractivity contribution in [3.05, 3.63) is 0 Å². The summed E-state index contributed by atoms with van der Waals surface area (Å²) in [5, 5.41) is 21.2. The maximum atomic E-state index is 14.8. The molecule has 28 heteroatoms. The molecule has 0 rings (SSSR count). The molecule has 0 aliphatic heterocycles. The highest BCUT2D eigenvalue weighted by molar-refractivity contribution is 5.98. The van der Waals surface area contributed by atoms with Crippen LogP contribution in [0.3, 0.4) is 0 Å². The highest BCUT2D eigenvalue weighted by Gasteiger charge is 2.36. The highest BCUT2D eigenvalue weighted by atomic mass is 16.3. The number of primary amides is 1. The molecule has 5 amide bonds. The SMILES string of the molecule is CC[C@@H](CC(C)C)C(=O)N[C@@H](CCCN=C(N)N)C(=O)C[C@@H](CCCCN)C(=O)N[C@@H](CCCN=C(N)N)C(=O)C[C@@H](CCCN=C(N)N)C(=O)N[C@@H](CCCN=C(N)N)C(=O)C[C@@H](CC(C)C)C(=O)N[C@@H](CC(C)C)C(=O)C[C@@H](CO)C(N)=O. The topological polar surface area (TPSA) is 532 Å². The number of aliphatic imine (C=N–C) groups is 4. The summed E-state index contributed by atoms with van der Waals surface area (Å²) in [4.78, 5) is 142. The van der Waals surface area contributed by atoms with E-state index in [1.165, 1.54) is 0 Å². The van der Waals surface area contributed by atoms with Crippen molar-refractivity contribution >= 4 is 76.5 Å². The molecular weight excluding hydrogens is 1100 g/mol. The Balaban J connectivity index is 7.40. The van der Waals surface area contributed by atoms with Gasteiger partial charge in [-0.2, -0.15) is 0 Å². The van der Waals surface area contributed by atoms with Crippen molar-refractivity contribution in [1.82, 2.24) is 21.3 Å². The van der Waals surface area contributed by atoms with Crippen LogP contribution in [-0.2, 0) is 43.2 Å². The summed E-state index contributed by atoms with van der Waals surface area (Å²) in [5.74, 6) is -10.5. The van der Waals surface area contributed by atoms with Crippen molar-refractivity contribution in [1.29, 1.82) is 0 Å². The number of ketones is 4. The zero-order valence-corrected chi connectivity index (χ0v) is 51.8. The van der Waals surface area contributed by atoms with Crippen molar-refractivity contribution in [3.63, 3.8) is 0 Å². The lowest BCUT2D eigenvalue weighted by Crippen LogP contribution is -2.49. The van der Waals surface area contributed by atoms with Crippen molar-refractivity contribution in [2.75, 3.05) is 39.3 Å². The lowest BCUT2D eigenvalue weighted by atomic mass is 9.87. The number of Topliss-reactive ketones (excluding diaryl/α,β-unsaturated/α-hetero) is 4. The van der Waals surface area contributed by atoms with E-state index in [2.05, 4.69) is 41.2 Å². The first-order valence-electron chi connectivity index (χ1n) is 30.1. The summed E-state index contributed by atoms with van der Waals surface area (Å²) in [6.07, 6.45) is 2.31. The first-order valence-corrected chi connectivity index (χ1v) is 30.1. The molecule has 486 valence electrons. The molecule has 0 heterocycles. The number of nitrogens with zero attached hydrogens (tertiary/aromatic N) is 4. The lowest BCUT2D eigenvalue weighted by Gasteiger charge is -2.27. The van der Waals surface area contributed by atoms with Gasteiger partial charge in [0.05, 0.1) is 36.7 Å². The minimum atomic E-state index is -1.24. The van der Waals surface area contributed by atoms with Crippen LogP contribution in [-0.4, -0.2) is 145 Å². The van der Waals surface area contributed by atoms with Crippen LogP contribution >= 0.6 is 0 Å². The van der Waals surface area contributed by atoms with E-state index in [1.807, 2.05) is 48.5 Å². The van der Waals surface area contributed by atoms with Gasteiger partial charge < -0.3 is 83.7 Å². The van der Waals surface area contributed by atoms with Crippen molar-refractivity contribution in [2.45, 2.75) is 195 Å². The zero-order valence-electron chi connectivity index (χ0n) is 51.8. The second-order valence-electron chi connectivity index (χ2n) is 23.4. The standard InChI is InChI=1S/C57H108N18O10/c1-8-36(25-33(2)3)50(82)72-41(17-12-22-69-55(62)63)45(77)28-37(15-9-10-20-58)51(83)73-42(18-13-23-70-56(64)65)46(78)29-38(16-11-21-68-54(60)61)52(84)74-43(19-14-24-71-57(66)67)47(79)30-39(26-34(4)5)53(85)75-44(27-35(6)7)48(80)31-40(32-76)49(59)81/h33-44,76H,8-32,58H2,1-7H3,(H2,59,81)(H,72,82)(H,73,83)(H,74,84)(H,75,85)(H4,60,61,68)(H4,62,63,69)(H4,64,65,70)(H4,66,67,71)/t36-,37+,38+,39+,40-,41-,42-,43-,44-/m0/s1. The zero-order chi connectivity index (χ0) is 64.8. The molecule has 0 unspecified atom stereocenters. The Morgan fingerprint density at radius 2 is 0.671 bits per heavy atom. The summed E-state index contributed by atoms with van der Waals surface area (Å²) in [5.41, 5.74) is 56.0. The predicted octanol–water partition coefficient (Wildman–Crippen LogP) is -0.787. The number of guanidine groups is 4. The summed E-state index contributed by atoms with van der Waals surface area (Å²) in [7, 11) is 0. The highest BCUT2D eigenvalue weighted by Crippen LogP contribution is 2.24. The Bertz CT molecular complexity index is 2210. The molecular formula is C57H108N18O10. The van der Waals surface area contributed by atoms with E-state index in [0.717, 1.165) is 0 Å². The van der Waals surface area contributed by atoms with Gasteiger partial charge in [-0.3, -0.25) is 63.1 Å². The van der Waals surface area contributed by atoms with Crippen LogP contribution in [0.5, 0.6) is 0 Å². The van der Waals surface area contributed by atoms with E-state index in [1.54, 1.807) is 0 Å². The monoisotopic (exact) mass is 1200 g/mol. The van der Waals surface area contributed by atoms with E-state index in [4.69, 9.17) is 57.3 Å². The molecule has 0 aliphatic carbocycles. The molecule has 0 aromatic rings. The normalized spacial score (nSPS) is 14.4. The first kappa shape index (κ1) is 78.0. The van der Waals surface area contributed by atoms with Gasteiger partial charge in [0.15, 0.2) is 47.0 Å². The number of carbonyl (C=O) groups is 9. The van der Waals surface area contributed by atoms with Crippen LogP contribution in [0.25, 0.3) is 0 Å². The lowest BCUT2D eigenvalue weighted by molar-refractivity contribution is -0.136. The van der Waals surface area contributed by atoms with Gasteiger partial charge in [0, 0.05) is 75.5 Å². The average Bonchev–Trinajstić information content (AvgIpc) is 3.51. The quantitative estimate of drug-likeness (QED) is 0.0202. The van der Waals surface area contributed by atoms with Gasteiger partial charge in [0.25, 0.3) is 0 Å². The van der Waals surface area contributed by atoms with Gasteiger partial charge in [-0.25, -0.2) is 0 Å². The van der Waals surface area contributed by atoms with Gasteiger partial charge in [-0.15, -0.1) is 0 Å². The minimum absolute atomic E-state index is 0.00182. The number of nitrogens with one attached hydrogen (secondary N) is 4. The number of carbonyl (C=O) groups excluding carboxylic acids is 9. The van der Waals surface area contributed by atoms with Gasteiger partial charge in [-0.05, 0) is 114 Å². The summed E-state index contributed by atoms with van der Waals surface area (Å²) in [6.45, 7) is 13.3. The van der Waals surface area contributed by atoms with Gasteiger partial charge in [-0.1, -0.05) is 54.9 Å². The van der Waals surface area contributed by atoms with E-state index in [0.29, 0.717) is 38.6 Å². The summed E-state index contributed by atoms with van der Waals surface area (Å²) >= 11 is 0. The van der Waals surface area contributed by atoms with Crippen LogP contribution in [0.1, 0.15) is 170 Å². The van der Waals surface area contributed by atoms with E-state index >= 15 is 0 Å². The van der Waals surface area contributed by atoms with Gasteiger partial charge in [0.1, 0.15) is 0 Å². The third kappa shape index (κ3) is 35.8. The third-order valence-electron chi connectivity index (χ3n) is 14.3. The smallest absolute Gasteiger partial charge is 0.224 e. The second kappa shape index (κ2) is 43.6. The van der Waals surface area contributed by atoms with E-state index in [9.17, 15) is 48.3 Å². The Kier molecular flexibility index (Phi) is 40.0. The number of amides is 5. The molecule has 0 saturated carbocycles. The molecule has 0 aromatic carbocycles. The molecule has 0 spiro atoms. The molecule has 0 radical (unpaired) electrons. The van der Waals surface area contributed by atoms with Crippen molar-refractivity contribution in [2.24, 2.45) is 125 Å². The molecule has 0 bridgehead atoms. The van der Waals surface area contributed by atoms with Crippen molar-refractivity contribution in [3.8, 4) is 0 Å². The van der Waals surface area contributed by atoms with Crippen LogP contribution in [0.2, 0.25) is 0 Å². The number of hydrogen-bond acceptors (Lipinski definition) is 15. The Labute approximate surface area is 503 Å². The third-order valence-corrected chi connectivity index (χ3v) is 14.3. The Hall–Kier alpha value is -6.97. The fraction of sp³-hybridized carbons (Fsp3) is 0.772. The fourth-order valence-corrected chi connectivity index (χ4v) is 9.76. The summed E-state index contributed by atoms with van der Waals surface area (Å²) in [6, 6.07) is -4.52. The van der Waals surface area contributed by atoms with Gasteiger partial charge >= 0.3 is 0 Å². The maximum Gasteiger partial charge on any atom is 0.224 e. The van der Waals surface area contributed by atoms with E-state index < -0.39 is 114 Å². The van der Waals surface area contributed by atoms with Crippen LogP contribution in [0.4, 0.5) is 0 Å².